The SMILES string of the molecule is CC(=O)O[C@@H]1CCc2ccc(C)nc21. The zero-order valence-corrected chi connectivity index (χ0v) is 8.41. The van der Waals surface area contributed by atoms with Crippen LogP contribution in [-0.2, 0) is 16.0 Å². The zero-order chi connectivity index (χ0) is 10.1. The van der Waals surface area contributed by atoms with Crippen LogP contribution < -0.4 is 0 Å². The van der Waals surface area contributed by atoms with Gasteiger partial charge in [-0.2, -0.15) is 0 Å². The maximum absolute atomic E-state index is 10.8. The summed E-state index contributed by atoms with van der Waals surface area (Å²) in [4.78, 5) is 15.3. The van der Waals surface area contributed by atoms with Crippen molar-refractivity contribution >= 4 is 5.97 Å². The molecule has 74 valence electrons. The second-order valence-corrected chi connectivity index (χ2v) is 3.63. The van der Waals surface area contributed by atoms with E-state index in [4.69, 9.17) is 4.74 Å². The van der Waals surface area contributed by atoms with E-state index in [-0.39, 0.29) is 12.1 Å². The molecule has 0 amide bonds. The lowest BCUT2D eigenvalue weighted by Gasteiger charge is -2.10. The average Bonchev–Trinajstić information content (AvgIpc) is 2.47. The molecule has 0 radical (unpaired) electrons. The van der Waals surface area contributed by atoms with Crippen LogP contribution in [0.3, 0.4) is 0 Å². The number of aromatic nitrogens is 1. The first-order valence-corrected chi connectivity index (χ1v) is 4.80. The van der Waals surface area contributed by atoms with Gasteiger partial charge in [-0.05, 0) is 31.4 Å². The first kappa shape index (κ1) is 9.19. The molecule has 3 nitrogen and oxygen atoms in total. The highest BCUT2D eigenvalue weighted by molar-refractivity contribution is 5.66. The minimum Gasteiger partial charge on any atom is -0.456 e. The van der Waals surface area contributed by atoms with E-state index in [0.717, 1.165) is 24.2 Å². The summed E-state index contributed by atoms with van der Waals surface area (Å²) in [5.74, 6) is -0.230. The number of aryl methyl sites for hydroxylation is 2. The predicted octanol–water partition coefficient (Wildman–Crippen LogP) is 1.94. The third-order valence-electron chi connectivity index (χ3n) is 2.44. The number of carbonyl (C=O) groups is 1. The van der Waals surface area contributed by atoms with Gasteiger partial charge in [0.25, 0.3) is 0 Å². The van der Waals surface area contributed by atoms with Gasteiger partial charge in [-0.15, -0.1) is 0 Å². The van der Waals surface area contributed by atoms with Gasteiger partial charge in [-0.3, -0.25) is 9.78 Å². The second-order valence-electron chi connectivity index (χ2n) is 3.63. The minimum absolute atomic E-state index is 0.123. The van der Waals surface area contributed by atoms with Crippen LogP contribution in [0, 0.1) is 6.92 Å². The van der Waals surface area contributed by atoms with E-state index in [1.165, 1.54) is 12.5 Å². The number of pyridine rings is 1. The number of hydrogen-bond donors (Lipinski definition) is 0. The summed E-state index contributed by atoms with van der Waals surface area (Å²) in [5.41, 5.74) is 3.13. The summed E-state index contributed by atoms with van der Waals surface area (Å²) >= 11 is 0. The maximum Gasteiger partial charge on any atom is 0.303 e. The Hall–Kier alpha value is -1.38. The Morgan fingerprint density at radius 1 is 1.57 bits per heavy atom. The van der Waals surface area contributed by atoms with E-state index in [9.17, 15) is 4.79 Å². The Labute approximate surface area is 83.1 Å². The van der Waals surface area contributed by atoms with Crippen molar-refractivity contribution in [2.75, 3.05) is 0 Å². The lowest BCUT2D eigenvalue weighted by Crippen LogP contribution is -2.07. The third kappa shape index (κ3) is 1.62. The number of nitrogens with zero attached hydrogens (tertiary/aromatic N) is 1. The smallest absolute Gasteiger partial charge is 0.303 e. The van der Waals surface area contributed by atoms with Gasteiger partial charge in [-0.25, -0.2) is 0 Å². The van der Waals surface area contributed by atoms with Gasteiger partial charge in [0.05, 0.1) is 5.69 Å². The molecule has 1 aliphatic carbocycles. The quantitative estimate of drug-likeness (QED) is 0.637. The van der Waals surface area contributed by atoms with Crippen LogP contribution in [0.15, 0.2) is 12.1 Å². The number of ether oxygens (including phenoxy) is 1. The molecule has 1 aromatic rings. The Kier molecular flexibility index (Phi) is 2.23. The number of carbonyl (C=O) groups excluding carboxylic acids is 1. The molecule has 2 rings (SSSR count). The molecular formula is C11H13NO2. The van der Waals surface area contributed by atoms with Gasteiger partial charge in [0, 0.05) is 12.6 Å². The number of fused-ring (bicyclic) bond motifs is 1. The van der Waals surface area contributed by atoms with Crippen LogP contribution in [-0.4, -0.2) is 11.0 Å². The average molecular weight is 191 g/mol. The van der Waals surface area contributed by atoms with E-state index in [2.05, 4.69) is 11.1 Å². The van der Waals surface area contributed by atoms with E-state index in [0.29, 0.717) is 0 Å². The van der Waals surface area contributed by atoms with Gasteiger partial charge in [0.2, 0.25) is 0 Å². The first-order valence-electron chi connectivity index (χ1n) is 4.80. The molecule has 3 heteroatoms. The van der Waals surface area contributed by atoms with Crippen molar-refractivity contribution in [2.24, 2.45) is 0 Å². The van der Waals surface area contributed by atoms with Gasteiger partial charge in [-0.1, -0.05) is 6.07 Å². The molecule has 0 spiro atoms. The standard InChI is InChI=1S/C11H13NO2/c1-7-3-4-9-5-6-10(11(9)12-7)14-8(2)13/h3-4,10H,5-6H2,1-2H3/t10-/m1/s1. The van der Waals surface area contributed by atoms with Crippen LogP contribution in [0.1, 0.15) is 36.4 Å². The summed E-state index contributed by atoms with van der Waals surface area (Å²) in [6, 6.07) is 4.07. The van der Waals surface area contributed by atoms with Crippen LogP contribution >= 0.6 is 0 Å². The number of rotatable bonds is 1. The molecule has 1 atom stereocenters. The Morgan fingerprint density at radius 3 is 3.07 bits per heavy atom. The van der Waals surface area contributed by atoms with Crippen LogP contribution in [0.25, 0.3) is 0 Å². The summed E-state index contributed by atoms with van der Waals surface area (Å²) in [5, 5.41) is 0. The molecule has 0 bridgehead atoms. The van der Waals surface area contributed by atoms with Gasteiger partial charge >= 0.3 is 5.97 Å². The Bertz CT molecular complexity index is 374. The molecule has 0 aromatic carbocycles. The highest BCUT2D eigenvalue weighted by Gasteiger charge is 2.26. The molecule has 0 N–H and O–H groups in total. The van der Waals surface area contributed by atoms with Crippen molar-refractivity contribution in [3.63, 3.8) is 0 Å². The van der Waals surface area contributed by atoms with Crippen molar-refractivity contribution in [3.05, 3.63) is 29.1 Å². The van der Waals surface area contributed by atoms with Crippen LogP contribution in [0.5, 0.6) is 0 Å². The number of esters is 1. The van der Waals surface area contributed by atoms with Gasteiger partial charge in [0.15, 0.2) is 0 Å². The van der Waals surface area contributed by atoms with Crippen molar-refractivity contribution in [2.45, 2.75) is 32.8 Å². The molecule has 0 saturated carbocycles. The zero-order valence-electron chi connectivity index (χ0n) is 8.41. The fourth-order valence-electron chi connectivity index (χ4n) is 1.83. The molecular weight excluding hydrogens is 178 g/mol. The summed E-state index contributed by atoms with van der Waals surface area (Å²) < 4.78 is 5.19. The third-order valence-corrected chi connectivity index (χ3v) is 2.44. The Morgan fingerprint density at radius 2 is 2.36 bits per heavy atom. The molecule has 0 unspecified atom stereocenters. The summed E-state index contributed by atoms with van der Waals surface area (Å²) in [7, 11) is 0. The van der Waals surface area contributed by atoms with Gasteiger partial charge < -0.3 is 4.74 Å². The minimum atomic E-state index is -0.230. The highest BCUT2D eigenvalue weighted by Crippen LogP contribution is 2.32. The van der Waals surface area contributed by atoms with Crippen LogP contribution in [0.4, 0.5) is 0 Å². The van der Waals surface area contributed by atoms with Crippen molar-refractivity contribution < 1.29 is 9.53 Å². The molecule has 0 aliphatic heterocycles. The van der Waals surface area contributed by atoms with Crippen molar-refractivity contribution in [1.82, 2.24) is 4.98 Å². The molecule has 0 saturated heterocycles. The van der Waals surface area contributed by atoms with Crippen LogP contribution in [0.2, 0.25) is 0 Å². The first-order chi connectivity index (χ1) is 6.66. The molecule has 1 aromatic heterocycles. The topological polar surface area (TPSA) is 39.2 Å². The summed E-state index contributed by atoms with van der Waals surface area (Å²) in [6.45, 7) is 3.39. The molecule has 1 heterocycles. The lowest BCUT2D eigenvalue weighted by molar-refractivity contribution is -0.146. The monoisotopic (exact) mass is 191 g/mol. The van der Waals surface area contributed by atoms with E-state index >= 15 is 0 Å². The fraction of sp³-hybridized carbons (Fsp3) is 0.455. The molecule has 1 aliphatic rings. The number of hydrogen-bond acceptors (Lipinski definition) is 3. The van der Waals surface area contributed by atoms with Crippen molar-refractivity contribution in [1.29, 1.82) is 0 Å². The van der Waals surface area contributed by atoms with E-state index < -0.39 is 0 Å². The predicted molar refractivity (Wildman–Crippen MR) is 51.8 cm³/mol. The Balaban J connectivity index is 2.28. The van der Waals surface area contributed by atoms with Gasteiger partial charge in [0.1, 0.15) is 6.10 Å². The van der Waals surface area contributed by atoms with E-state index in [1.807, 2.05) is 13.0 Å². The largest absolute Gasteiger partial charge is 0.456 e. The molecule has 0 fully saturated rings. The highest BCUT2D eigenvalue weighted by atomic mass is 16.5. The second kappa shape index (κ2) is 3.40. The summed E-state index contributed by atoms with van der Waals surface area (Å²) in [6.07, 6.45) is 1.70. The van der Waals surface area contributed by atoms with E-state index in [1.54, 1.807) is 0 Å². The molecule has 14 heavy (non-hydrogen) atoms. The lowest BCUT2D eigenvalue weighted by atomic mass is 10.2. The normalized spacial score (nSPS) is 19.1. The fourth-order valence-corrected chi connectivity index (χ4v) is 1.83. The maximum atomic E-state index is 10.8. The van der Waals surface area contributed by atoms with Crippen molar-refractivity contribution in [3.8, 4) is 0 Å².